The van der Waals surface area contributed by atoms with Gasteiger partial charge in [0.15, 0.2) is 12.7 Å². The number of rotatable bonds is 7. The smallest absolute Gasteiger partial charge is 0.422 e. The normalized spacial score (nSPS) is 12.3. The van der Waals surface area contributed by atoms with Crippen LogP contribution in [-0.2, 0) is 11.3 Å². The van der Waals surface area contributed by atoms with Gasteiger partial charge >= 0.3 is 6.18 Å². The molecule has 134 valence electrons. The van der Waals surface area contributed by atoms with E-state index in [-0.39, 0.29) is 18.2 Å². The van der Waals surface area contributed by atoms with E-state index >= 15 is 0 Å². The minimum Gasteiger partial charge on any atom is -0.484 e. The molecule has 0 aliphatic rings. The van der Waals surface area contributed by atoms with Crippen molar-refractivity contribution in [2.24, 2.45) is 0 Å². The summed E-state index contributed by atoms with van der Waals surface area (Å²) in [7, 11) is 0. The number of hydrogen-bond acceptors (Lipinski definition) is 3. The molecule has 0 bridgehead atoms. The van der Waals surface area contributed by atoms with Gasteiger partial charge in [0.1, 0.15) is 11.5 Å². The number of halogens is 3. The van der Waals surface area contributed by atoms with E-state index in [1.807, 2.05) is 18.2 Å². The van der Waals surface area contributed by atoms with Crippen molar-refractivity contribution in [3.05, 3.63) is 60.2 Å². The highest BCUT2D eigenvalue weighted by atomic mass is 19.4. The topological polar surface area (TPSA) is 47.6 Å². The van der Waals surface area contributed by atoms with Gasteiger partial charge in [-0.25, -0.2) is 0 Å². The number of ether oxygens (including phenoxy) is 2. The van der Waals surface area contributed by atoms with Gasteiger partial charge in [-0.2, -0.15) is 13.2 Å². The van der Waals surface area contributed by atoms with Crippen molar-refractivity contribution < 1.29 is 27.4 Å². The van der Waals surface area contributed by atoms with Gasteiger partial charge in [0, 0.05) is 6.54 Å². The number of amides is 1. The first-order valence-electron chi connectivity index (χ1n) is 7.61. The molecule has 0 saturated heterocycles. The van der Waals surface area contributed by atoms with Crippen molar-refractivity contribution in [1.82, 2.24) is 5.32 Å². The summed E-state index contributed by atoms with van der Waals surface area (Å²) in [6.45, 7) is 0.536. The molecule has 2 rings (SSSR count). The Morgan fingerprint density at radius 2 is 1.68 bits per heavy atom. The molecule has 7 heteroatoms. The van der Waals surface area contributed by atoms with E-state index in [1.54, 1.807) is 31.2 Å². The molecule has 0 aliphatic carbocycles. The summed E-state index contributed by atoms with van der Waals surface area (Å²) in [6.07, 6.45) is -5.04. The molecule has 25 heavy (non-hydrogen) atoms. The fraction of sp³-hybridized carbons (Fsp3) is 0.278. The van der Waals surface area contributed by atoms with E-state index in [4.69, 9.17) is 4.74 Å². The van der Waals surface area contributed by atoms with Crippen LogP contribution in [0, 0.1) is 0 Å². The van der Waals surface area contributed by atoms with Crippen molar-refractivity contribution in [3.63, 3.8) is 0 Å². The number of hydrogen-bond donors (Lipinski definition) is 1. The standard InChI is InChI=1S/C18H18F3NO3/c1-13(25-16-5-3-2-4-6-16)17(23)22-11-14-7-9-15(10-8-14)24-12-18(19,20)21/h2-10,13H,11-12H2,1H3,(H,22,23). The molecule has 0 spiro atoms. The van der Waals surface area contributed by atoms with Gasteiger partial charge in [0.05, 0.1) is 0 Å². The maximum atomic E-state index is 12.1. The van der Waals surface area contributed by atoms with Gasteiger partial charge in [0.2, 0.25) is 0 Å². The monoisotopic (exact) mass is 353 g/mol. The predicted octanol–water partition coefficient (Wildman–Crippen LogP) is 3.71. The summed E-state index contributed by atoms with van der Waals surface area (Å²) in [5.74, 6) is 0.422. The Labute approximate surface area is 143 Å². The van der Waals surface area contributed by atoms with Crippen LogP contribution in [0.4, 0.5) is 13.2 Å². The number of carbonyl (C=O) groups is 1. The highest BCUT2D eigenvalue weighted by Gasteiger charge is 2.28. The second-order valence-corrected chi connectivity index (χ2v) is 5.34. The maximum absolute atomic E-state index is 12.1. The van der Waals surface area contributed by atoms with Gasteiger partial charge in [-0.1, -0.05) is 30.3 Å². The summed E-state index contributed by atoms with van der Waals surface area (Å²) in [5, 5.41) is 2.71. The Kier molecular flexibility index (Phi) is 6.27. The lowest BCUT2D eigenvalue weighted by molar-refractivity contribution is -0.153. The number of para-hydroxylation sites is 1. The second-order valence-electron chi connectivity index (χ2n) is 5.34. The zero-order valence-electron chi connectivity index (χ0n) is 13.5. The molecule has 0 heterocycles. The van der Waals surface area contributed by atoms with Gasteiger partial charge < -0.3 is 14.8 Å². The average Bonchev–Trinajstić information content (AvgIpc) is 2.59. The molecule has 0 fully saturated rings. The zero-order chi connectivity index (χ0) is 18.3. The van der Waals surface area contributed by atoms with Gasteiger partial charge in [0.25, 0.3) is 5.91 Å². The van der Waals surface area contributed by atoms with Crippen LogP contribution in [0.15, 0.2) is 54.6 Å². The quantitative estimate of drug-likeness (QED) is 0.825. The number of alkyl halides is 3. The summed E-state index contributed by atoms with van der Waals surface area (Å²) in [4.78, 5) is 12.0. The minimum absolute atomic E-state index is 0.119. The fourth-order valence-corrected chi connectivity index (χ4v) is 1.96. The van der Waals surface area contributed by atoms with Crippen LogP contribution in [0.5, 0.6) is 11.5 Å². The van der Waals surface area contributed by atoms with Gasteiger partial charge in [-0.05, 0) is 36.8 Å². The third kappa shape index (κ3) is 6.74. The molecule has 1 atom stereocenters. The van der Waals surface area contributed by atoms with Crippen LogP contribution in [0.2, 0.25) is 0 Å². The fourth-order valence-electron chi connectivity index (χ4n) is 1.96. The van der Waals surface area contributed by atoms with E-state index in [1.165, 1.54) is 12.1 Å². The molecule has 0 saturated carbocycles. The van der Waals surface area contributed by atoms with Crippen LogP contribution in [0.1, 0.15) is 12.5 Å². The van der Waals surface area contributed by atoms with Crippen molar-refractivity contribution in [2.45, 2.75) is 25.7 Å². The predicted molar refractivity (Wildman–Crippen MR) is 86.4 cm³/mol. The van der Waals surface area contributed by atoms with Crippen LogP contribution in [0.3, 0.4) is 0 Å². The lowest BCUT2D eigenvalue weighted by Gasteiger charge is -2.15. The highest BCUT2D eigenvalue weighted by Crippen LogP contribution is 2.19. The van der Waals surface area contributed by atoms with Crippen LogP contribution < -0.4 is 14.8 Å². The Morgan fingerprint density at radius 1 is 1.04 bits per heavy atom. The molecular formula is C18H18F3NO3. The first-order chi connectivity index (χ1) is 11.8. The molecule has 4 nitrogen and oxygen atoms in total. The minimum atomic E-state index is -4.37. The highest BCUT2D eigenvalue weighted by molar-refractivity contribution is 5.80. The Balaban J connectivity index is 1.79. The van der Waals surface area contributed by atoms with Crippen LogP contribution in [0.25, 0.3) is 0 Å². The first kappa shape index (κ1) is 18.6. The van der Waals surface area contributed by atoms with Crippen molar-refractivity contribution in [1.29, 1.82) is 0 Å². The van der Waals surface area contributed by atoms with Crippen molar-refractivity contribution in [2.75, 3.05) is 6.61 Å². The van der Waals surface area contributed by atoms with E-state index in [0.717, 1.165) is 5.56 Å². The number of benzene rings is 2. The molecule has 2 aromatic carbocycles. The van der Waals surface area contributed by atoms with Crippen LogP contribution in [-0.4, -0.2) is 24.8 Å². The Morgan fingerprint density at radius 3 is 2.28 bits per heavy atom. The summed E-state index contributed by atoms with van der Waals surface area (Å²) in [6, 6.07) is 15.0. The van der Waals surface area contributed by atoms with E-state index in [0.29, 0.717) is 5.75 Å². The molecule has 0 aromatic heterocycles. The molecular weight excluding hydrogens is 335 g/mol. The van der Waals surface area contributed by atoms with Crippen LogP contribution >= 0.6 is 0 Å². The number of carbonyl (C=O) groups excluding carboxylic acids is 1. The Hall–Kier alpha value is -2.70. The van der Waals surface area contributed by atoms with Gasteiger partial charge in [-0.15, -0.1) is 0 Å². The zero-order valence-corrected chi connectivity index (χ0v) is 13.5. The molecule has 1 N–H and O–H groups in total. The summed E-state index contributed by atoms with van der Waals surface area (Å²) >= 11 is 0. The molecule has 1 amide bonds. The molecule has 1 unspecified atom stereocenters. The van der Waals surface area contributed by atoms with E-state index in [2.05, 4.69) is 10.1 Å². The summed E-state index contributed by atoms with van der Waals surface area (Å²) in [5.41, 5.74) is 0.736. The maximum Gasteiger partial charge on any atom is 0.422 e. The third-order valence-electron chi connectivity index (χ3n) is 3.22. The summed E-state index contributed by atoms with van der Waals surface area (Å²) < 4.78 is 46.4. The van der Waals surface area contributed by atoms with E-state index < -0.39 is 18.9 Å². The van der Waals surface area contributed by atoms with Gasteiger partial charge in [-0.3, -0.25) is 4.79 Å². The third-order valence-corrected chi connectivity index (χ3v) is 3.22. The number of nitrogens with one attached hydrogen (secondary N) is 1. The molecule has 2 aromatic rings. The first-order valence-corrected chi connectivity index (χ1v) is 7.61. The SMILES string of the molecule is CC(Oc1ccccc1)C(=O)NCc1ccc(OCC(F)(F)F)cc1. The lowest BCUT2D eigenvalue weighted by Crippen LogP contribution is -2.35. The van der Waals surface area contributed by atoms with Crippen molar-refractivity contribution >= 4 is 5.91 Å². The molecule has 0 aliphatic heterocycles. The van der Waals surface area contributed by atoms with E-state index in [9.17, 15) is 18.0 Å². The Bertz CT molecular complexity index is 672. The van der Waals surface area contributed by atoms with Crippen molar-refractivity contribution in [3.8, 4) is 11.5 Å². The average molecular weight is 353 g/mol. The second kappa shape index (κ2) is 8.41. The largest absolute Gasteiger partial charge is 0.484 e. The molecule has 0 radical (unpaired) electrons. The lowest BCUT2D eigenvalue weighted by atomic mass is 10.2.